The minimum atomic E-state index is 0.516. The number of aromatic nitrogens is 2. The maximum Gasteiger partial charge on any atom is 0.136 e. The highest BCUT2D eigenvalue weighted by Gasteiger charge is 2.19. The maximum atomic E-state index is 5.73. The summed E-state index contributed by atoms with van der Waals surface area (Å²) >= 11 is 0. The van der Waals surface area contributed by atoms with E-state index in [9.17, 15) is 0 Å². The van der Waals surface area contributed by atoms with E-state index in [2.05, 4.69) is 21.8 Å². The van der Waals surface area contributed by atoms with Gasteiger partial charge in [0.25, 0.3) is 0 Å². The lowest BCUT2D eigenvalue weighted by molar-refractivity contribution is 0.435. The molecule has 0 spiro atoms. The monoisotopic (exact) mass is 220 g/mol. The van der Waals surface area contributed by atoms with Gasteiger partial charge in [-0.15, -0.1) is 0 Å². The molecule has 1 aromatic heterocycles. The fourth-order valence-electron chi connectivity index (χ4n) is 2.12. The summed E-state index contributed by atoms with van der Waals surface area (Å²) in [4.78, 5) is 11.1. The zero-order chi connectivity index (χ0) is 11.5. The molecule has 1 saturated heterocycles. The van der Waals surface area contributed by atoms with Crippen molar-refractivity contribution in [2.24, 2.45) is 11.7 Å². The molecule has 0 bridgehead atoms. The van der Waals surface area contributed by atoms with Crippen molar-refractivity contribution >= 4 is 5.82 Å². The molecule has 0 radical (unpaired) electrons. The topological polar surface area (TPSA) is 55.0 Å². The normalized spacial score (nSPS) is 17.8. The SMILES string of the molecule is Cc1ncc(CN)c(N2CCC(C)CC2)n1. The molecular weight excluding hydrogens is 200 g/mol. The Labute approximate surface area is 96.9 Å². The van der Waals surface area contributed by atoms with Gasteiger partial charge in [-0.1, -0.05) is 6.92 Å². The summed E-state index contributed by atoms with van der Waals surface area (Å²) in [6.45, 7) is 6.93. The van der Waals surface area contributed by atoms with Crippen molar-refractivity contribution in [3.05, 3.63) is 17.6 Å². The van der Waals surface area contributed by atoms with Crippen LogP contribution in [0.3, 0.4) is 0 Å². The summed E-state index contributed by atoms with van der Waals surface area (Å²) in [6, 6.07) is 0. The molecule has 2 rings (SSSR count). The Morgan fingerprint density at radius 2 is 2.12 bits per heavy atom. The molecule has 1 aromatic rings. The molecule has 0 aromatic carbocycles. The van der Waals surface area contributed by atoms with Gasteiger partial charge in [0.1, 0.15) is 11.6 Å². The van der Waals surface area contributed by atoms with Crippen LogP contribution in [0.5, 0.6) is 0 Å². The van der Waals surface area contributed by atoms with E-state index >= 15 is 0 Å². The first-order valence-corrected chi connectivity index (χ1v) is 5.98. The zero-order valence-electron chi connectivity index (χ0n) is 10.1. The van der Waals surface area contributed by atoms with E-state index in [1.165, 1.54) is 12.8 Å². The summed E-state index contributed by atoms with van der Waals surface area (Å²) in [5.74, 6) is 2.70. The highest BCUT2D eigenvalue weighted by Crippen LogP contribution is 2.23. The minimum absolute atomic E-state index is 0.516. The van der Waals surface area contributed by atoms with Gasteiger partial charge in [-0.3, -0.25) is 0 Å². The average Bonchev–Trinajstić information content (AvgIpc) is 2.30. The molecular formula is C12H20N4. The maximum absolute atomic E-state index is 5.73. The molecule has 0 atom stereocenters. The highest BCUT2D eigenvalue weighted by atomic mass is 15.2. The van der Waals surface area contributed by atoms with E-state index < -0.39 is 0 Å². The van der Waals surface area contributed by atoms with E-state index in [1.54, 1.807) is 0 Å². The summed E-state index contributed by atoms with van der Waals surface area (Å²) < 4.78 is 0. The molecule has 2 heterocycles. The van der Waals surface area contributed by atoms with Crippen LogP contribution >= 0.6 is 0 Å². The number of rotatable bonds is 2. The van der Waals surface area contributed by atoms with Crippen molar-refractivity contribution in [1.82, 2.24) is 9.97 Å². The Morgan fingerprint density at radius 3 is 2.75 bits per heavy atom. The summed E-state index contributed by atoms with van der Waals surface area (Å²) in [5.41, 5.74) is 6.78. The molecule has 2 N–H and O–H groups in total. The molecule has 88 valence electrons. The summed E-state index contributed by atoms with van der Waals surface area (Å²) in [6.07, 6.45) is 4.34. The molecule has 0 aliphatic carbocycles. The van der Waals surface area contributed by atoms with Gasteiger partial charge in [-0.25, -0.2) is 9.97 Å². The van der Waals surface area contributed by atoms with Crippen LogP contribution in [0.4, 0.5) is 5.82 Å². The molecule has 1 aliphatic rings. The second-order valence-electron chi connectivity index (χ2n) is 4.64. The third-order valence-electron chi connectivity index (χ3n) is 3.27. The second kappa shape index (κ2) is 4.78. The Kier molecular flexibility index (Phi) is 3.39. The fraction of sp³-hybridized carbons (Fsp3) is 0.667. The number of nitrogens with two attached hydrogens (primary N) is 1. The van der Waals surface area contributed by atoms with E-state index in [-0.39, 0.29) is 0 Å². The van der Waals surface area contributed by atoms with Gasteiger partial charge in [0.2, 0.25) is 0 Å². The van der Waals surface area contributed by atoms with Gasteiger partial charge in [0, 0.05) is 31.4 Å². The van der Waals surface area contributed by atoms with Gasteiger partial charge in [0.05, 0.1) is 0 Å². The Morgan fingerprint density at radius 1 is 1.44 bits per heavy atom. The van der Waals surface area contributed by atoms with E-state index in [1.807, 2.05) is 13.1 Å². The Balaban J connectivity index is 2.21. The van der Waals surface area contributed by atoms with Crippen molar-refractivity contribution in [1.29, 1.82) is 0 Å². The molecule has 1 aliphatic heterocycles. The quantitative estimate of drug-likeness (QED) is 0.820. The first-order valence-electron chi connectivity index (χ1n) is 5.98. The second-order valence-corrected chi connectivity index (χ2v) is 4.64. The van der Waals surface area contributed by atoms with E-state index in [4.69, 9.17) is 5.73 Å². The van der Waals surface area contributed by atoms with E-state index in [0.717, 1.165) is 36.2 Å². The summed E-state index contributed by atoms with van der Waals surface area (Å²) in [5, 5.41) is 0. The molecule has 4 nitrogen and oxygen atoms in total. The average molecular weight is 220 g/mol. The van der Waals surface area contributed by atoms with Gasteiger partial charge >= 0.3 is 0 Å². The van der Waals surface area contributed by atoms with Crippen molar-refractivity contribution in [2.45, 2.75) is 33.2 Å². The Bertz CT molecular complexity index is 356. The highest BCUT2D eigenvalue weighted by molar-refractivity contribution is 5.46. The predicted molar refractivity (Wildman–Crippen MR) is 65.3 cm³/mol. The van der Waals surface area contributed by atoms with Gasteiger partial charge in [-0.2, -0.15) is 0 Å². The van der Waals surface area contributed by atoms with Crippen LogP contribution in [0.2, 0.25) is 0 Å². The number of anilines is 1. The number of hydrogen-bond donors (Lipinski definition) is 1. The molecule has 0 unspecified atom stereocenters. The summed E-state index contributed by atoms with van der Waals surface area (Å²) in [7, 11) is 0. The molecule has 1 fully saturated rings. The van der Waals surface area contributed by atoms with Crippen LogP contribution in [0.1, 0.15) is 31.2 Å². The third kappa shape index (κ3) is 2.32. The van der Waals surface area contributed by atoms with Crippen molar-refractivity contribution in [3.8, 4) is 0 Å². The van der Waals surface area contributed by atoms with Crippen molar-refractivity contribution in [2.75, 3.05) is 18.0 Å². The standard InChI is InChI=1S/C12H20N4/c1-9-3-5-16(6-4-9)12-11(7-13)8-14-10(2)15-12/h8-9H,3-7,13H2,1-2H3. The van der Waals surface area contributed by atoms with Gasteiger partial charge in [0.15, 0.2) is 0 Å². The van der Waals surface area contributed by atoms with Gasteiger partial charge < -0.3 is 10.6 Å². The number of nitrogens with zero attached hydrogens (tertiary/aromatic N) is 3. The predicted octanol–water partition coefficient (Wildman–Crippen LogP) is 1.48. The van der Waals surface area contributed by atoms with Crippen LogP contribution < -0.4 is 10.6 Å². The van der Waals surface area contributed by atoms with Crippen LogP contribution in [0.25, 0.3) is 0 Å². The zero-order valence-corrected chi connectivity index (χ0v) is 10.1. The Hall–Kier alpha value is -1.16. The lowest BCUT2D eigenvalue weighted by Crippen LogP contribution is -2.34. The lowest BCUT2D eigenvalue weighted by Gasteiger charge is -2.32. The minimum Gasteiger partial charge on any atom is -0.356 e. The first kappa shape index (κ1) is 11.3. The first-order chi connectivity index (χ1) is 7.70. The molecule has 0 saturated carbocycles. The van der Waals surface area contributed by atoms with E-state index in [0.29, 0.717) is 6.54 Å². The number of aryl methyl sites for hydroxylation is 1. The number of hydrogen-bond acceptors (Lipinski definition) is 4. The third-order valence-corrected chi connectivity index (χ3v) is 3.27. The smallest absolute Gasteiger partial charge is 0.136 e. The molecule has 16 heavy (non-hydrogen) atoms. The van der Waals surface area contributed by atoms with Crippen LogP contribution in [0, 0.1) is 12.8 Å². The van der Waals surface area contributed by atoms with Crippen LogP contribution in [-0.4, -0.2) is 23.1 Å². The van der Waals surface area contributed by atoms with Gasteiger partial charge in [-0.05, 0) is 25.7 Å². The number of piperidine rings is 1. The fourth-order valence-corrected chi connectivity index (χ4v) is 2.12. The van der Waals surface area contributed by atoms with Crippen LogP contribution in [-0.2, 0) is 6.54 Å². The van der Waals surface area contributed by atoms with Crippen molar-refractivity contribution < 1.29 is 0 Å². The molecule has 0 amide bonds. The lowest BCUT2D eigenvalue weighted by atomic mass is 9.99. The van der Waals surface area contributed by atoms with Crippen LogP contribution in [0.15, 0.2) is 6.20 Å². The molecule has 4 heteroatoms. The van der Waals surface area contributed by atoms with Crippen molar-refractivity contribution in [3.63, 3.8) is 0 Å². The largest absolute Gasteiger partial charge is 0.356 e.